The maximum absolute atomic E-state index is 6.34. The summed E-state index contributed by atoms with van der Waals surface area (Å²) in [5.74, 6) is 0.399. The van der Waals surface area contributed by atoms with Crippen molar-refractivity contribution < 1.29 is 54.0 Å². The third-order valence-electron chi connectivity index (χ3n) is 8.72. The summed E-state index contributed by atoms with van der Waals surface area (Å²) in [5.41, 5.74) is 11.0. The first-order chi connectivity index (χ1) is 16.9. The topological polar surface area (TPSA) is 9.23 Å². The molecule has 0 aromatic heterocycles. The number of hydrogen-bond donors (Lipinski definition) is 0. The van der Waals surface area contributed by atoms with Crippen LogP contribution in [0.25, 0.3) is 16.3 Å². The molecule has 0 amide bonds. The van der Waals surface area contributed by atoms with E-state index in [1.807, 2.05) is 0 Å². The van der Waals surface area contributed by atoms with Gasteiger partial charge in [-0.1, -0.05) is 0 Å². The van der Waals surface area contributed by atoms with Crippen molar-refractivity contribution in [2.45, 2.75) is 61.4 Å². The summed E-state index contributed by atoms with van der Waals surface area (Å²) < 4.78 is 6.89. The first kappa shape index (κ1) is 30.4. The van der Waals surface area contributed by atoms with Crippen LogP contribution in [0.1, 0.15) is 37.4 Å². The Morgan fingerprint density at radius 1 is 0.816 bits per heavy atom. The molecule has 2 aliphatic carbocycles. The van der Waals surface area contributed by atoms with E-state index in [4.69, 9.17) is 4.43 Å². The van der Waals surface area contributed by atoms with Crippen LogP contribution in [0.3, 0.4) is 0 Å². The third kappa shape index (κ3) is 4.83. The average molecular weight is 672 g/mol. The van der Waals surface area contributed by atoms with Crippen molar-refractivity contribution in [1.82, 2.24) is 0 Å². The van der Waals surface area contributed by atoms with E-state index in [9.17, 15) is 0 Å². The van der Waals surface area contributed by atoms with Gasteiger partial charge in [0.25, 0.3) is 0 Å². The summed E-state index contributed by atoms with van der Waals surface area (Å²) in [4.78, 5) is 0. The minimum atomic E-state index is -1.66. The largest absolute Gasteiger partial charge is 1.00 e. The minimum absolute atomic E-state index is 0. The van der Waals surface area contributed by atoms with Gasteiger partial charge in [-0.05, 0) is 0 Å². The standard InChI is InChI=1S/C31H37OSi3.2ClH.Zr/c1-33(2,3)32-16-17-34(4,5)28-20-27(23-14-10-11-15-24(23)28)30-26-18-21-12-8-9-13-22(21)25(26)19-29-31(30)35(29,6)7;;;/h8-15,18-20,27H,16-17H2,1-7H3;2*1H;/q;;;+2/p-2. The first-order valence-corrected chi connectivity index (χ1v) is 24.4. The molecule has 0 radical (unpaired) electrons. The molecule has 38 heavy (non-hydrogen) atoms. The van der Waals surface area contributed by atoms with Crippen LogP contribution < -0.4 is 35.2 Å². The van der Waals surface area contributed by atoms with Crippen molar-refractivity contribution >= 4 is 40.0 Å². The van der Waals surface area contributed by atoms with Crippen LogP contribution in [0.5, 0.6) is 0 Å². The molecule has 0 bridgehead atoms. The van der Waals surface area contributed by atoms with Crippen LogP contribution in [0.15, 0.2) is 60.7 Å². The van der Waals surface area contributed by atoms with Gasteiger partial charge >= 0.3 is 237 Å². The molecule has 7 heteroatoms. The van der Waals surface area contributed by atoms with Gasteiger partial charge in [0.1, 0.15) is 0 Å². The number of allylic oxidation sites excluding steroid dienone is 1. The van der Waals surface area contributed by atoms with Crippen molar-refractivity contribution in [2.75, 3.05) is 6.61 Å². The van der Waals surface area contributed by atoms with E-state index in [0.29, 0.717) is 9.54 Å². The Bertz CT molecular complexity index is 1440. The van der Waals surface area contributed by atoms with Crippen molar-refractivity contribution in [2.24, 2.45) is 0 Å². The van der Waals surface area contributed by atoms with E-state index in [2.05, 4.69) is 107 Å². The molecular weight excluding hydrogens is 635 g/mol. The fourth-order valence-electron chi connectivity index (χ4n) is 6.68. The Labute approximate surface area is 259 Å². The number of benzene rings is 3. The van der Waals surface area contributed by atoms with Crippen LogP contribution in [-0.2, 0) is 29.1 Å². The van der Waals surface area contributed by atoms with Gasteiger partial charge in [-0.3, -0.25) is 0 Å². The maximum atomic E-state index is 6.34. The number of rotatable bonds is 6. The van der Waals surface area contributed by atoms with Gasteiger partial charge in [-0.25, -0.2) is 0 Å². The molecule has 0 spiro atoms. The van der Waals surface area contributed by atoms with Crippen LogP contribution in [0, 0.1) is 0 Å². The van der Waals surface area contributed by atoms with Crippen molar-refractivity contribution in [3.05, 3.63) is 88.5 Å². The Balaban J connectivity index is 0.00000168. The summed E-state index contributed by atoms with van der Waals surface area (Å²) in [6, 6.07) is 22.3. The number of fused-ring (bicyclic) bond motifs is 5. The van der Waals surface area contributed by atoms with E-state index in [-0.39, 0.29) is 24.8 Å². The molecular formula is C31H37Cl2OSi3Zr. The molecule has 1 aliphatic heterocycles. The summed E-state index contributed by atoms with van der Waals surface area (Å²) >= 11 is 1.61. The number of halogens is 2. The van der Waals surface area contributed by atoms with Gasteiger partial charge < -0.3 is 24.8 Å². The van der Waals surface area contributed by atoms with Gasteiger partial charge in [0, 0.05) is 0 Å². The Morgan fingerprint density at radius 2 is 1.42 bits per heavy atom. The molecule has 197 valence electrons. The zero-order chi connectivity index (χ0) is 25.6. The molecule has 3 aromatic carbocycles. The van der Waals surface area contributed by atoms with Crippen molar-refractivity contribution in [3.63, 3.8) is 0 Å². The molecule has 1 heterocycles. The molecule has 3 aliphatic rings. The monoisotopic (exact) mass is 669 g/mol. The van der Waals surface area contributed by atoms with Crippen LogP contribution in [0.4, 0.5) is 0 Å². The molecule has 6 rings (SSSR count). The smallest absolute Gasteiger partial charge is 1.00 e. The second-order valence-corrected chi connectivity index (χ2v) is 28.1. The minimum Gasteiger partial charge on any atom is -1.00 e. The van der Waals surface area contributed by atoms with E-state index in [0.717, 1.165) is 6.61 Å². The summed E-state index contributed by atoms with van der Waals surface area (Å²) in [7, 11) is -4.61. The Kier molecular flexibility index (Phi) is 8.32. The molecule has 0 fully saturated rings. The maximum Gasteiger partial charge on any atom is -1.00 e. The van der Waals surface area contributed by atoms with E-state index in [1.165, 1.54) is 17.2 Å². The van der Waals surface area contributed by atoms with Gasteiger partial charge in [0.2, 0.25) is 0 Å². The normalized spacial score (nSPS) is 19.9. The average Bonchev–Trinajstić information content (AvgIpc) is 3.09. The molecule has 2 unspecified atom stereocenters. The molecule has 3 aromatic rings. The molecule has 2 atom stereocenters. The van der Waals surface area contributed by atoms with Crippen molar-refractivity contribution in [3.8, 4) is 11.1 Å². The summed E-state index contributed by atoms with van der Waals surface area (Å²) in [6.07, 6.45) is 2.72. The Hall–Kier alpha value is -0.526. The number of hydrogen-bond acceptors (Lipinski definition) is 1. The van der Waals surface area contributed by atoms with E-state index in [1.54, 1.807) is 68.1 Å². The second-order valence-electron chi connectivity index (χ2n) is 13.1. The van der Waals surface area contributed by atoms with Crippen molar-refractivity contribution in [1.29, 1.82) is 0 Å². The van der Waals surface area contributed by atoms with E-state index >= 15 is 0 Å². The molecule has 0 N–H and O–H groups in total. The van der Waals surface area contributed by atoms with E-state index < -0.39 is 24.5 Å². The van der Waals surface area contributed by atoms with Gasteiger partial charge in [-0.15, -0.1) is 0 Å². The van der Waals surface area contributed by atoms with Gasteiger partial charge in [-0.2, -0.15) is 0 Å². The Morgan fingerprint density at radius 3 is 2.08 bits per heavy atom. The van der Waals surface area contributed by atoms with Crippen LogP contribution >= 0.6 is 0 Å². The molecule has 1 nitrogen and oxygen atoms in total. The zero-order valence-corrected chi connectivity index (χ0v) is 30.5. The summed E-state index contributed by atoms with van der Waals surface area (Å²) in [5, 5.41) is 5.13. The molecule has 0 saturated carbocycles. The third-order valence-corrected chi connectivity index (χ3v) is 17.9. The fourth-order valence-corrected chi connectivity index (χ4v) is 14.9. The quantitative estimate of drug-likeness (QED) is 0.357. The SMILES string of the molecule is C[Si](C)(C)OCC[Si](C)(C)C1=CC(c2c3c(cc4c2[Si]4(C)C)-c2ccccc2[CH]3[Zr+2])c2ccccc21.[Cl-].[Cl-]. The summed E-state index contributed by atoms with van der Waals surface area (Å²) in [6.45, 7) is 18.1. The van der Waals surface area contributed by atoms with Gasteiger partial charge in [0.15, 0.2) is 0 Å². The predicted molar refractivity (Wildman–Crippen MR) is 158 cm³/mol. The second kappa shape index (κ2) is 10.4. The first-order valence-electron chi connectivity index (χ1n) is 13.4. The van der Waals surface area contributed by atoms with Gasteiger partial charge in [0.05, 0.1) is 0 Å². The zero-order valence-electron chi connectivity index (χ0n) is 23.5. The van der Waals surface area contributed by atoms with Crippen LogP contribution in [0.2, 0.25) is 51.9 Å². The van der Waals surface area contributed by atoms with Crippen LogP contribution in [-0.4, -0.2) is 31.1 Å². The predicted octanol–water partition coefficient (Wildman–Crippen LogP) is 1.08. The molecule has 0 saturated heterocycles. The fraction of sp³-hybridized carbons (Fsp3) is 0.355.